The summed E-state index contributed by atoms with van der Waals surface area (Å²) in [6.07, 6.45) is 0. The summed E-state index contributed by atoms with van der Waals surface area (Å²) in [4.78, 5) is 12.0. The Bertz CT molecular complexity index is 709. The first-order valence-corrected chi connectivity index (χ1v) is 8.85. The van der Waals surface area contributed by atoms with Crippen molar-refractivity contribution in [3.05, 3.63) is 63.1 Å². The molecule has 0 saturated heterocycles. The second-order valence-electron chi connectivity index (χ2n) is 5.49. The van der Waals surface area contributed by atoms with Crippen molar-refractivity contribution in [2.45, 2.75) is 19.5 Å². The lowest BCUT2D eigenvalue weighted by atomic mass is 10.1. The van der Waals surface area contributed by atoms with Gasteiger partial charge < -0.3 is 15.4 Å². The van der Waals surface area contributed by atoms with Gasteiger partial charge in [-0.3, -0.25) is 4.79 Å². The van der Waals surface area contributed by atoms with Crippen LogP contribution in [0.15, 0.2) is 46.9 Å². The number of ether oxygens (including phenoxy) is 1. The summed E-state index contributed by atoms with van der Waals surface area (Å²) in [5, 5.41) is 5.55. The van der Waals surface area contributed by atoms with Crippen LogP contribution in [0, 0.1) is 0 Å². The van der Waals surface area contributed by atoms with E-state index in [0.717, 1.165) is 21.3 Å². The van der Waals surface area contributed by atoms with Gasteiger partial charge in [0.1, 0.15) is 11.8 Å². The minimum absolute atomic E-state index is 0.0191. The third-order valence-corrected chi connectivity index (χ3v) is 4.78. The number of nitrogens with one attached hydrogen (secondary N) is 1. The van der Waals surface area contributed by atoms with Gasteiger partial charge in [0.2, 0.25) is 0 Å². The van der Waals surface area contributed by atoms with E-state index in [9.17, 15) is 4.79 Å². The number of amides is 1. The van der Waals surface area contributed by atoms with Gasteiger partial charge in [-0.25, -0.2) is 0 Å². The lowest BCUT2D eigenvalue weighted by molar-refractivity contribution is -0.682. The van der Waals surface area contributed by atoms with Gasteiger partial charge in [0.25, 0.3) is 5.91 Å². The first-order chi connectivity index (χ1) is 11.5. The molecule has 3 N–H and O–H groups in total. The van der Waals surface area contributed by atoms with Crippen LogP contribution in [0.3, 0.4) is 0 Å². The molecule has 0 unspecified atom stereocenters. The SMILES string of the molecule is COc1ccc([C@H](C)[NH2+]CC(=O)NCc2ccccc2Cl)cc1Br. The normalized spacial score (nSPS) is 11.8. The van der Waals surface area contributed by atoms with Gasteiger partial charge in [0, 0.05) is 17.1 Å². The molecular formula is C18H21BrClN2O2+. The van der Waals surface area contributed by atoms with Crippen LogP contribution in [0.25, 0.3) is 0 Å². The Balaban J connectivity index is 1.83. The van der Waals surface area contributed by atoms with E-state index in [-0.39, 0.29) is 11.9 Å². The van der Waals surface area contributed by atoms with Crippen LogP contribution in [0.1, 0.15) is 24.1 Å². The fraction of sp³-hybridized carbons (Fsp3) is 0.278. The number of rotatable bonds is 7. The van der Waals surface area contributed by atoms with Gasteiger partial charge in [0.15, 0.2) is 6.54 Å². The van der Waals surface area contributed by atoms with Crippen LogP contribution < -0.4 is 15.4 Å². The number of hydrogen-bond acceptors (Lipinski definition) is 2. The Morgan fingerprint density at radius 1 is 1.33 bits per heavy atom. The third-order valence-electron chi connectivity index (χ3n) is 3.79. The monoisotopic (exact) mass is 411 g/mol. The van der Waals surface area contributed by atoms with Gasteiger partial charge in [-0.1, -0.05) is 29.8 Å². The highest BCUT2D eigenvalue weighted by Gasteiger charge is 2.13. The molecule has 24 heavy (non-hydrogen) atoms. The highest BCUT2D eigenvalue weighted by Crippen LogP contribution is 2.27. The summed E-state index contributed by atoms with van der Waals surface area (Å²) in [5.41, 5.74) is 2.04. The molecule has 0 heterocycles. The quantitative estimate of drug-likeness (QED) is 0.734. The minimum Gasteiger partial charge on any atom is -0.496 e. The van der Waals surface area contributed by atoms with Crippen molar-refractivity contribution in [1.29, 1.82) is 0 Å². The molecule has 2 aromatic rings. The Hall–Kier alpha value is -1.56. The topological polar surface area (TPSA) is 54.9 Å². The van der Waals surface area contributed by atoms with Crippen LogP contribution in [0.2, 0.25) is 5.02 Å². The van der Waals surface area contributed by atoms with Crippen molar-refractivity contribution in [2.75, 3.05) is 13.7 Å². The molecule has 1 amide bonds. The third kappa shape index (κ3) is 5.23. The molecule has 0 aliphatic carbocycles. The molecular weight excluding hydrogens is 392 g/mol. The zero-order valence-corrected chi connectivity index (χ0v) is 16.0. The molecule has 0 bridgehead atoms. The number of carbonyl (C=O) groups is 1. The maximum atomic E-state index is 12.0. The summed E-state index contributed by atoms with van der Waals surface area (Å²) in [5.74, 6) is 0.776. The highest BCUT2D eigenvalue weighted by atomic mass is 79.9. The molecule has 0 saturated carbocycles. The average Bonchev–Trinajstić information content (AvgIpc) is 2.58. The van der Waals surface area contributed by atoms with Crippen molar-refractivity contribution in [2.24, 2.45) is 0 Å². The van der Waals surface area contributed by atoms with E-state index in [2.05, 4.69) is 28.2 Å². The molecule has 2 rings (SSSR count). The summed E-state index contributed by atoms with van der Waals surface area (Å²) in [6, 6.07) is 13.6. The van der Waals surface area contributed by atoms with E-state index in [1.54, 1.807) is 7.11 Å². The number of nitrogens with two attached hydrogens (primary N) is 1. The minimum atomic E-state index is -0.0191. The molecule has 6 heteroatoms. The largest absolute Gasteiger partial charge is 0.496 e. The van der Waals surface area contributed by atoms with Gasteiger partial charge >= 0.3 is 0 Å². The van der Waals surface area contributed by atoms with Gasteiger partial charge in [-0.2, -0.15) is 0 Å². The molecule has 0 aromatic heterocycles. The fourth-order valence-electron chi connectivity index (χ4n) is 2.29. The molecule has 0 fully saturated rings. The zero-order valence-electron chi connectivity index (χ0n) is 13.7. The first kappa shape index (κ1) is 18.8. The molecule has 0 aliphatic rings. The van der Waals surface area contributed by atoms with Crippen LogP contribution >= 0.6 is 27.5 Å². The van der Waals surface area contributed by atoms with E-state index in [1.807, 2.05) is 47.8 Å². The second kappa shape index (κ2) is 9.06. The van der Waals surface area contributed by atoms with E-state index in [4.69, 9.17) is 16.3 Å². The van der Waals surface area contributed by atoms with E-state index in [0.29, 0.717) is 18.1 Å². The first-order valence-electron chi connectivity index (χ1n) is 7.68. The smallest absolute Gasteiger partial charge is 0.275 e. The molecule has 0 aliphatic heterocycles. The van der Waals surface area contributed by atoms with Gasteiger partial charge in [-0.15, -0.1) is 0 Å². The van der Waals surface area contributed by atoms with Gasteiger partial charge in [-0.05, 0) is 52.7 Å². The number of hydrogen-bond donors (Lipinski definition) is 2. The fourth-order valence-corrected chi connectivity index (χ4v) is 3.05. The molecule has 0 radical (unpaired) electrons. The van der Waals surface area contributed by atoms with Gasteiger partial charge in [0.05, 0.1) is 11.6 Å². The average molecular weight is 413 g/mol. The molecule has 1 atom stereocenters. The number of carbonyl (C=O) groups excluding carboxylic acids is 1. The summed E-state index contributed by atoms with van der Waals surface area (Å²) in [7, 11) is 1.64. The zero-order chi connectivity index (χ0) is 17.5. The van der Waals surface area contributed by atoms with E-state index in [1.165, 1.54) is 0 Å². The summed E-state index contributed by atoms with van der Waals surface area (Å²) >= 11 is 9.56. The Morgan fingerprint density at radius 2 is 2.08 bits per heavy atom. The van der Waals surface area contributed by atoms with Crippen molar-refractivity contribution >= 4 is 33.4 Å². The number of quaternary nitrogens is 1. The molecule has 4 nitrogen and oxygen atoms in total. The number of benzene rings is 2. The molecule has 2 aromatic carbocycles. The Labute approximate surface area is 155 Å². The second-order valence-corrected chi connectivity index (χ2v) is 6.75. The lowest BCUT2D eigenvalue weighted by Crippen LogP contribution is -2.87. The Kier molecular flexibility index (Phi) is 7.09. The van der Waals surface area contributed by atoms with Crippen LogP contribution in [-0.4, -0.2) is 19.6 Å². The van der Waals surface area contributed by atoms with Crippen LogP contribution in [0.4, 0.5) is 0 Å². The summed E-state index contributed by atoms with van der Waals surface area (Å²) in [6.45, 7) is 2.86. The predicted octanol–water partition coefficient (Wildman–Crippen LogP) is 3.05. The van der Waals surface area contributed by atoms with E-state index < -0.39 is 0 Å². The maximum Gasteiger partial charge on any atom is 0.275 e. The van der Waals surface area contributed by atoms with Crippen molar-refractivity contribution < 1.29 is 14.8 Å². The molecule has 0 spiro atoms. The van der Waals surface area contributed by atoms with E-state index >= 15 is 0 Å². The predicted molar refractivity (Wildman–Crippen MR) is 99.2 cm³/mol. The summed E-state index contributed by atoms with van der Waals surface area (Å²) < 4.78 is 6.14. The van der Waals surface area contributed by atoms with Crippen LogP contribution in [0.5, 0.6) is 5.75 Å². The van der Waals surface area contributed by atoms with Crippen molar-refractivity contribution in [1.82, 2.24) is 5.32 Å². The van der Waals surface area contributed by atoms with Crippen molar-refractivity contribution in [3.63, 3.8) is 0 Å². The van der Waals surface area contributed by atoms with Crippen molar-refractivity contribution in [3.8, 4) is 5.75 Å². The maximum absolute atomic E-state index is 12.0. The molecule has 128 valence electrons. The number of methoxy groups -OCH3 is 1. The standard InChI is InChI=1S/C18H20BrClN2O2/c1-12(13-7-8-17(24-2)15(19)9-13)21-11-18(23)22-10-14-5-3-4-6-16(14)20/h3-9,12,21H,10-11H2,1-2H3,(H,22,23)/p+1/t12-/m0/s1. The Morgan fingerprint density at radius 3 is 2.75 bits per heavy atom. The highest BCUT2D eigenvalue weighted by molar-refractivity contribution is 9.10. The lowest BCUT2D eigenvalue weighted by Gasteiger charge is -2.13. The number of halogens is 2. The van der Waals surface area contributed by atoms with Crippen LogP contribution in [-0.2, 0) is 11.3 Å².